The standard InChI is InChI=1S/C13H14F4N2O3/c1-19(10-5-3-2-4-9(10)14)11(20)6-7-18-12(21)22-8-13(15,16)17/h2-5H,6-8H2,1H3,(H,18,21). The number of amides is 2. The van der Waals surface area contributed by atoms with Gasteiger partial charge >= 0.3 is 12.3 Å². The molecule has 122 valence electrons. The summed E-state index contributed by atoms with van der Waals surface area (Å²) in [4.78, 5) is 23.8. The number of benzene rings is 1. The van der Waals surface area contributed by atoms with Crippen molar-refractivity contribution in [3.8, 4) is 0 Å². The summed E-state index contributed by atoms with van der Waals surface area (Å²) in [6.07, 6.45) is -6.11. The van der Waals surface area contributed by atoms with Gasteiger partial charge in [0.1, 0.15) is 5.82 Å². The van der Waals surface area contributed by atoms with Crippen LogP contribution in [0.3, 0.4) is 0 Å². The molecule has 0 radical (unpaired) electrons. The van der Waals surface area contributed by atoms with Gasteiger partial charge < -0.3 is 15.0 Å². The molecule has 0 saturated carbocycles. The number of hydrogen-bond donors (Lipinski definition) is 1. The SMILES string of the molecule is CN(C(=O)CCNC(=O)OCC(F)(F)F)c1ccccc1F. The Balaban J connectivity index is 2.37. The van der Waals surface area contributed by atoms with Crippen LogP contribution in [0.25, 0.3) is 0 Å². The largest absolute Gasteiger partial charge is 0.440 e. The Morgan fingerprint density at radius 1 is 1.27 bits per heavy atom. The molecule has 0 spiro atoms. The van der Waals surface area contributed by atoms with Gasteiger partial charge in [-0.15, -0.1) is 0 Å². The van der Waals surface area contributed by atoms with E-state index in [1.807, 2.05) is 5.32 Å². The number of ether oxygens (including phenoxy) is 1. The second-order valence-corrected chi connectivity index (χ2v) is 4.27. The van der Waals surface area contributed by atoms with E-state index in [0.29, 0.717) is 0 Å². The number of alkyl carbamates (subject to hydrolysis) is 1. The van der Waals surface area contributed by atoms with Crippen molar-refractivity contribution in [2.24, 2.45) is 0 Å². The van der Waals surface area contributed by atoms with Crippen LogP contribution in [-0.4, -0.2) is 38.4 Å². The second-order valence-electron chi connectivity index (χ2n) is 4.27. The minimum absolute atomic E-state index is 0.0622. The van der Waals surface area contributed by atoms with Crippen molar-refractivity contribution in [3.05, 3.63) is 30.1 Å². The minimum atomic E-state index is -4.61. The molecular weight excluding hydrogens is 308 g/mol. The Hall–Kier alpha value is -2.32. The lowest BCUT2D eigenvalue weighted by Gasteiger charge is -2.18. The minimum Gasteiger partial charge on any atom is -0.440 e. The van der Waals surface area contributed by atoms with Gasteiger partial charge in [0.2, 0.25) is 5.91 Å². The summed E-state index contributed by atoms with van der Waals surface area (Å²) in [7, 11) is 1.35. The van der Waals surface area contributed by atoms with E-state index in [1.165, 1.54) is 25.2 Å². The number of carbonyl (C=O) groups excluding carboxylic acids is 2. The zero-order valence-corrected chi connectivity index (χ0v) is 11.6. The molecule has 0 aliphatic rings. The van der Waals surface area contributed by atoms with E-state index >= 15 is 0 Å². The van der Waals surface area contributed by atoms with E-state index in [1.54, 1.807) is 6.07 Å². The Bertz CT molecular complexity index is 534. The maximum absolute atomic E-state index is 13.5. The number of para-hydroxylation sites is 1. The van der Waals surface area contributed by atoms with Gasteiger partial charge in [-0.25, -0.2) is 9.18 Å². The Morgan fingerprint density at radius 3 is 2.50 bits per heavy atom. The summed E-state index contributed by atoms with van der Waals surface area (Å²) in [6, 6.07) is 5.61. The Labute approximate surface area is 123 Å². The number of alkyl halides is 3. The normalized spacial score (nSPS) is 11.0. The van der Waals surface area contributed by atoms with Crippen molar-refractivity contribution < 1.29 is 31.9 Å². The molecule has 1 N–H and O–H groups in total. The first-order chi connectivity index (χ1) is 10.2. The number of nitrogens with one attached hydrogen (secondary N) is 1. The number of halogens is 4. The Kier molecular flexibility index (Phi) is 6.14. The summed E-state index contributed by atoms with van der Waals surface area (Å²) in [5.41, 5.74) is 0.0622. The summed E-state index contributed by atoms with van der Waals surface area (Å²) in [5, 5.41) is 2.00. The zero-order chi connectivity index (χ0) is 16.8. The van der Waals surface area contributed by atoms with Gasteiger partial charge in [-0.05, 0) is 12.1 Å². The molecule has 5 nitrogen and oxygen atoms in total. The lowest BCUT2D eigenvalue weighted by atomic mass is 10.2. The highest BCUT2D eigenvalue weighted by Gasteiger charge is 2.29. The summed E-state index contributed by atoms with van der Waals surface area (Å²) < 4.78 is 52.8. The second kappa shape index (κ2) is 7.62. The number of anilines is 1. The van der Waals surface area contributed by atoms with E-state index in [4.69, 9.17) is 0 Å². The predicted octanol–water partition coefficient (Wildman–Crippen LogP) is 2.47. The van der Waals surface area contributed by atoms with Crippen molar-refractivity contribution in [2.75, 3.05) is 25.1 Å². The molecule has 0 aromatic heterocycles. The van der Waals surface area contributed by atoms with Crippen LogP contribution >= 0.6 is 0 Å². The van der Waals surface area contributed by atoms with E-state index in [2.05, 4.69) is 4.74 Å². The zero-order valence-electron chi connectivity index (χ0n) is 11.6. The van der Waals surface area contributed by atoms with E-state index < -0.39 is 30.6 Å². The molecule has 9 heteroatoms. The lowest BCUT2D eigenvalue weighted by Crippen LogP contribution is -2.34. The number of hydrogen-bond acceptors (Lipinski definition) is 3. The lowest BCUT2D eigenvalue weighted by molar-refractivity contribution is -0.160. The third kappa shape index (κ3) is 5.98. The molecule has 0 aliphatic carbocycles. The van der Waals surface area contributed by atoms with Gasteiger partial charge in [0.15, 0.2) is 6.61 Å². The van der Waals surface area contributed by atoms with Gasteiger partial charge in [0.25, 0.3) is 0 Å². The first-order valence-electron chi connectivity index (χ1n) is 6.19. The summed E-state index contributed by atoms with van der Waals surface area (Å²) >= 11 is 0. The van der Waals surface area contributed by atoms with Gasteiger partial charge in [0, 0.05) is 20.0 Å². The predicted molar refractivity (Wildman–Crippen MR) is 69.8 cm³/mol. The molecule has 0 aliphatic heterocycles. The van der Waals surface area contributed by atoms with Crippen LogP contribution in [0.1, 0.15) is 6.42 Å². The Morgan fingerprint density at radius 2 is 1.91 bits per heavy atom. The molecule has 0 unspecified atom stereocenters. The van der Waals surface area contributed by atoms with Crippen molar-refractivity contribution in [3.63, 3.8) is 0 Å². The maximum atomic E-state index is 13.5. The third-order valence-electron chi connectivity index (χ3n) is 2.56. The molecule has 0 atom stereocenters. The van der Waals surface area contributed by atoms with Crippen molar-refractivity contribution in [2.45, 2.75) is 12.6 Å². The van der Waals surface area contributed by atoms with Crippen molar-refractivity contribution >= 4 is 17.7 Å². The van der Waals surface area contributed by atoms with Crippen LogP contribution in [-0.2, 0) is 9.53 Å². The van der Waals surface area contributed by atoms with Crippen LogP contribution in [0.5, 0.6) is 0 Å². The first kappa shape index (κ1) is 17.7. The molecule has 0 saturated heterocycles. The number of rotatable bonds is 5. The van der Waals surface area contributed by atoms with Gasteiger partial charge in [-0.1, -0.05) is 12.1 Å². The van der Waals surface area contributed by atoms with E-state index in [9.17, 15) is 27.2 Å². The van der Waals surface area contributed by atoms with Crippen LogP contribution in [0.4, 0.5) is 28.0 Å². The molecule has 0 fully saturated rings. The average Bonchev–Trinajstić information content (AvgIpc) is 2.44. The maximum Gasteiger partial charge on any atom is 0.422 e. The molecule has 0 heterocycles. The number of carbonyl (C=O) groups is 2. The molecule has 0 bridgehead atoms. The van der Waals surface area contributed by atoms with Crippen LogP contribution < -0.4 is 10.2 Å². The smallest absolute Gasteiger partial charge is 0.422 e. The van der Waals surface area contributed by atoms with Crippen LogP contribution in [0.2, 0.25) is 0 Å². The summed E-state index contributed by atoms with van der Waals surface area (Å²) in [6.45, 7) is -1.93. The fraction of sp³-hybridized carbons (Fsp3) is 0.385. The number of nitrogens with zero attached hydrogens (tertiary/aromatic N) is 1. The third-order valence-corrected chi connectivity index (χ3v) is 2.56. The summed E-state index contributed by atoms with van der Waals surface area (Å²) in [5.74, 6) is -1.10. The van der Waals surface area contributed by atoms with E-state index in [0.717, 1.165) is 4.90 Å². The first-order valence-corrected chi connectivity index (χ1v) is 6.19. The molecule has 1 aromatic rings. The monoisotopic (exact) mass is 322 g/mol. The molecule has 1 rings (SSSR count). The fourth-order valence-corrected chi connectivity index (χ4v) is 1.50. The fourth-order valence-electron chi connectivity index (χ4n) is 1.50. The molecule has 2 amide bonds. The highest BCUT2D eigenvalue weighted by atomic mass is 19.4. The quantitative estimate of drug-likeness (QED) is 0.847. The molecule has 22 heavy (non-hydrogen) atoms. The molecular formula is C13H14F4N2O3. The van der Waals surface area contributed by atoms with Crippen LogP contribution in [0.15, 0.2) is 24.3 Å². The highest BCUT2D eigenvalue weighted by Crippen LogP contribution is 2.17. The van der Waals surface area contributed by atoms with Gasteiger partial charge in [-0.3, -0.25) is 4.79 Å². The average molecular weight is 322 g/mol. The highest BCUT2D eigenvalue weighted by molar-refractivity contribution is 5.93. The van der Waals surface area contributed by atoms with E-state index in [-0.39, 0.29) is 18.7 Å². The van der Waals surface area contributed by atoms with Crippen molar-refractivity contribution in [1.82, 2.24) is 5.32 Å². The van der Waals surface area contributed by atoms with Crippen LogP contribution in [0, 0.1) is 5.82 Å². The van der Waals surface area contributed by atoms with Gasteiger partial charge in [-0.2, -0.15) is 13.2 Å². The van der Waals surface area contributed by atoms with Gasteiger partial charge in [0.05, 0.1) is 5.69 Å². The van der Waals surface area contributed by atoms with Crippen molar-refractivity contribution in [1.29, 1.82) is 0 Å². The topological polar surface area (TPSA) is 58.6 Å². The molecule has 1 aromatic carbocycles.